The monoisotopic (exact) mass is 463 g/mol. The molecule has 3 aromatic carbocycles. The van der Waals surface area contributed by atoms with Gasteiger partial charge in [-0.05, 0) is 48.2 Å². The van der Waals surface area contributed by atoms with Crippen LogP contribution in [0.2, 0.25) is 0 Å². The van der Waals surface area contributed by atoms with Gasteiger partial charge in [0.2, 0.25) is 10.0 Å². The number of hydrogen-bond acceptors (Lipinski definition) is 4. The molecular weight excluding hydrogens is 436 g/mol. The molecule has 0 unspecified atom stereocenters. The Morgan fingerprint density at radius 1 is 0.818 bits per heavy atom. The first-order chi connectivity index (χ1) is 16.0. The number of hydrogen-bond donors (Lipinski definition) is 1. The van der Waals surface area contributed by atoms with Gasteiger partial charge in [-0.3, -0.25) is 0 Å². The Balaban J connectivity index is 1.66. The number of carboxylic acid groups (broad SMARTS) is 1. The van der Waals surface area contributed by atoms with Gasteiger partial charge in [0.15, 0.2) is 0 Å². The first-order valence-electron chi connectivity index (χ1n) is 11.2. The highest BCUT2D eigenvalue weighted by molar-refractivity contribution is 7.89. The van der Waals surface area contributed by atoms with Gasteiger partial charge < -0.3 is 14.8 Å². The summed E-state index contributed by atoms with van der Waals surface area (Å²) in [6.07, 6.45) is 3.48. The Labute approximate surface area is 194 Å². The summed E-state index contributed by atoms with van der Waals surface area (Å²) in [6, 6.07) is 23.8. The maximum Gasteiger partial charge on any atom is 0.240 e. The van der Waals surface area contributed by atoms with Crippen molar-refractivity contribution < 1.29 is 18.3 Å². The number of rotatable bonds is 7. The molecule has 1 aliphatic carbocycles. The van der Waals surface area contributed by atoms with Gasteiger partial charge in [-0.25, -0.2) is 13.1 Å². The largest absolute Gasteiger partial charge is 0.530 e. The van der Waals surface area contributed by atoms with Crippen LogP contribution in [0.5, 0.6) is 0 Å². The predicted molar refractivity (Wildman–Crippen MR) is 126 cm³/mol. The Hall–Kier alpha value is -3.16. The van der Waals surface area contributed by atoms with Crippen LogP contribution < -0.4 is 14.7 Å². The number of anilines is 1. The Morgan fingerprint density at radius 2 is 1.33 bits per heavy atom. The maximum atomic E-state index is 12.8. The zero-order chi connectivity index (χ0) is 23.3. The van der Waals surface area contributed by atoms with Crippen LogP contribution in [-0.2, 0) is 10.0 Å². The van der Waals surface area contributed by atoms with Crippen molar-refractivity contribution in [2.24, 2.45) is 0 Å². The van der Waals surface area contributed by atoms with E-state index in [1.807, 2.05) is 60.7 Å². The molecule has 1 N–H and O–H groups in total. The van der Waals surface area contributed by atoms with Crippen molar-refractivity contribution in [2.45, 2.75) is 49.1 Å². The molecule has 4 rings (SSSR count). The minimum absolute atomic E-state index is 0.0521. The average Bonchev–Trinajstić information content (AvgIpc) is 2.84. The van der Waals surface area contributed by atoms with Gasteiger partial charge in [0.25, 0.3) is 0 Å². The van der Waals surface area contributed by atoms with E-state index < -0.39 is 22.2 Å². The summed E-state index contributed by atoms with van der Waals surface area (Å²) in [5.41, 5.74) is 1.90. The number of nitrogens with one attached hydrogen (secondary N) is 1. The van der Waals surface area contributed by atoms with E-state index >= 15 is 0 Å². The number of sulfonamides is 1. The first kappa shape index (κ1) is 23.0. The fourth-order valence-corrected chi connectivity index (χ4v) is 5.72. The fraction of sp³-hybridized carbons (Fsp3) is 0.269. The van der Waals surface area contributed by atoms with E-state index in [4.69, 9.17) is 0 Å². The van der Waals surface area contributed by atoms with Gasteiger partial charge in [-0.1, -0.05) is 79.9 Å². The van der Waals surface area contributed by atoms with Gasteiger partial charge in [0.05, 0.1) is 10.9 Å². The molecule has 172 valence electrons. The van der Waals surface area contributed by atoms with Gasteiger partial charge in [-0.15, -0.1) is 0 Å². The molecule has 0 aromatic heterocycles. The Morgan fingerprint density at radius 3 is 1.82 bits per heavy atom. The van der Waals surface area contributed by atoms with E-state index in [-0.39, 0.29) is 10.9 Å². The molecule has 0 aliphatic heterocycles. The molecule has 0 bridgehead atoms. The number of carbonyl (C=O) groups excluding carboxylic acids is 1. The molecule has 0 heterocycles. The number of benzene rings is 3. The lowest BCUT2D eigenvalue weighted by atomic mass is 9.96. The molecule has 33 heavy (non-hydrogen) atoms. The molecule has 0 saturated heterocycles. The number of amides is 1. The smallest absolute Gasteiger partial charge is 0.240 e. The molecule has 3 aromatic rings. The Bertz CT molecular complexity index is 1120. The van der Waals surface area contributed by atoms with Crippen molar-refractivity contribution >= 4 is 21.8 Å². The highest BCUT2D eigenvalue weighted by Gasteiger charge is 2.26. The third-order valence-electron chi connectivity index (χ3n) is 6.04. The highest BCUT2D eigenvalue weighted by atomic mass is 32.2. The van der Waals surface area contributed by atoms with Crippen molar-refractivity contribution in [1.29, 1.82) is 0 Å². The first-order valence-corrected chi connectivity index (χ1v) is 12.7. The van der Waals surface area contributed by atoms with E-state index in [0.29, 0.717) is 5.69 Å². The minimum Gasteiger partial charge on any atom is -0.530 e. The summed E-state index contributed by atoms with van der Waals surface area (Å²) in [4.78, 5) is 13.6. The lowest BCUT2D eigenvalue weighted by Crippen LogP contribution is -2.44. The standard InChI is InChI=1S/C26H28N2O4S/c29-26(30)28(25(20-10-4-1-5-11-20)21-12-6-2-7-13-21)23-16-18-24(19-17-23)33(31,32)27-22-14-8-3-9-15-22/h1-2,4-7,10-13,16-19,22,25,27H,3,8-9,14-15H2,(H,29,30)/p-1. The number of nitrogens with zero attached hydrogens (tertiary/aromatic N) is 1. The van der Waals surface area contributed by atoms with Gasteiger partial charge >= 0.3 is 0 Å². The van der Waals surface area contributed by atoms with Crippen molar-refractivity contribution in [2.75, 3.05) is 4.90 Å². The lowest BCUT2D eigenvalue weighted by Gasteiger charge is -2.35. The van der Waals surface area contributed by atoms with Crippen LogP contribution in [0.4, 0.5) is 10.5 Å². The summed E-state index contributed by atoms with van der Waals surface area (Å²) in [6.45, 7) is 0. The highest BCUT2D eigenvalue weighted by Crippen LogP contribution is 2.33. The van der Waals surface area contributed by atoms with E-state index in [2.05, 4.69) is 4.72 Å². The third-order valence-corrected chi connectivity index (χ3v) is 7.57. The van der Waals surface area contributed by atoms with Gasteiger partial charge in [-0.2, -0.15) is 0 Å². The second-order valence-corrected chi connectivity index (χ2v) is 10.0. The van der Waals surface area contributed by atoms with Gasteiger partial charge in [0, 0.05) is 11.7 Å². The van der Waals surface area contributed by atoms with Crippen molar-refractivity contribution in [3.05, 3.63) is 96.1 Å². The van der Waals surface area contributed by atoms with Crippen LogP contribution in [0.15, 0.2) is 89.8 Å². The molecule has 6 nitrogen and oxygen atoms in total. The van der Waals surface area contributed by atoms with Crippen LogP contribution >= 0.6 is 0 Å². The molecular formula is C26H27N2O4S-. The quantitative estimate of drug-likeness (QED) is 0.568. The minimum atomic E-state index is -3.68. The predicted octanol–water partition coefficient (Wildman–Crippen LogP) is 4.24. The van der Waals surface area contributed by atoms with Gasteiger partial charge in [0.1, 0.15) is 6.09 Å². The molecule has 1 saturated carbocycles. The third kappa shape index (κ3) is 5.43. The van der Waals surface area contributed by atoms with E-state index in [1.54, 1.807) is 0 Å². The summed E-state index contributed by atoms with van der Waals surface area (Å²) in [5, 5.41) is 12.3. The molecule has 1 fully saturated rings. The van der Waals surface area contributed by atoms with E-state index in [1.165, 1.54) is 24.3 Å². The van der Waals surface area contributed by atoms with Crippen LogP contribution in [0.3, 0.4) is 0 Å². The normalized spacial score (nSPS) is 14.8. The topological polar surface area (TPSA) is 89.5 Å². The van der Waals surface area contributed by atoms with Crippen LogP contribution in [-0.4, -0.2) is 20.6 Å². The molecule has 0 atom stereocenters. The van der Waals surface area contributed by atoms with Crippen molar-refractivity contribution in [3.63, 3.8) is 0 Å². The average molecular weight is 464 g/mol. The SMILES string of the molecule is O=C([O-])N(c1ccc(S(=O)(=O)NC2CCCCC2)cc1)C(c1ccccc1)c1ccccc1. The Kier molecular flexibility index (Phi) is 7.11. The van der Waals surface area contributed by atoms with Crippen LogP contribution in [0, 0.1) is 0 Å². The van der Waals surface area contributed by atoms with E-state index in [9.17, 15) is 18.3 Å². The van der Waals surface area contributed by atoms with E-state index in [0.717, 1.165) is 48.1 Å². The summed E-state index contributed by atoms with van der Waals surface area (Å²) < 4.78 is 28.5. The second-order valence-electron chi connectivity index (χ2n) is 8.31. The summed E-state index contributed by atoms with van der Waals surface area (Å²) in [5.74, 6) is 0. The summed E-state index contributed by atoms with van der Waals surface area (Å²) >= 11 is 0. The molecule has 0 spiro atoms. The zero-order valence-electron chi connectivity index (χ0n) is 18.3. The number of carbonyl (C=O) groups is 1. The van der Waals surface area contributed by atoms with Crippen molar-refractivity contribution in [3.8, 4) is 0 Å². The molecule has 1 amide bonds. The lowest BCUT2D eigenvalue weighted by molar-refractivity contribution is -0.247. The zero-order valence-corrected chi connectivity index (χ0v) is 19.1. The second kappa shape index (κ2) is 10.2. The molecule has 1 aliphatic rings. The van der Waals surface area contributed by atoms with Crippen molar-refractivity contribution in [1.82, 2.24) is 4.72 Å². The van der Waals surface area contributed by atoms with Crippen LogP contribution in [0.1, 0.15) is 49.3 Å². The summed E-state index contributed by atoms with van der Waals surface area (Å²) in [7, 11) is -3.68. The molecule has 0 radical (unpaired) electrons. The van der Waals surface area contributed by atoms with Crippen LogP contribution in [0.25, 0.3) is 0 Å². The fourth-order valence-electron chi connectivity index (χ4n) is 4.41. The maximum absolute atomic E-state index is 12.8. The molecule has 7 heteroatoms.